The van der Waals surface area contributed by atoms with Crippen molar-refractivity contribution in [1.29, 1.82) is 0 Å². The van der Waals surface area contributed by atoms with Gasteiger partial charge < -0.3 is 27.9 Å². The Labute approximate surface area is 660 Å². The fraction of sp³-hybridized carbons (Fsp3) is 0.854. The van der Waals surface area contributed by atoms with Crippen molar-refractivity contribution in [3.8, 4) is 0 Å². The Morgan fingerprint density at radius 2 is 0.538 bits per heavy atom. The van der Waals surface area contributed by atoms with Crippen LogP contribution in [0.5, 0.6) is 0 Å². The summed E-state index contributed by atoms with van der Waals surface area (Å²) in [7, 11) is 1.19. The molecule has 0 saturated carbocycles. The van der Waals surface area contributed by atoms with Crippen LogP contribution in [-0.4, -0.2) is 70.0 Å². The van der Waals surface area contributed by atoms with E-state index in [1.807, 2.05) is 21.1 Å². The van der Waals surface area contributed by atoms with Crippen molar-refractivity contribution < 1.29 is 42.1 Å². The smallest absolute Gasteiger partial charge is 0.306 e. The second kappa shape index (κ2) is 86.4. The number of phosphoric acid groups is 1. The van der Waals surface area contributed by atoms with Crippen LogP contribution in [-0.2, 0) is 32.7 Å². The fourth-order valence-electron chi connectivity index (χ4n) is 14.2. The SMILES string of the molecule is CC/C=C\C/C=C\C/C=C\C/C=C\C/C=C\C/C=C\CCCCCCCCCCCCCCCCCCCCCCCCC(=O)OC(COC(=O)CCCCCCCCCCCCCCCCCCCCCCCCCCCCCCCCCCCCCCCCCCC)COP(=O)([O-])OCC[N+](C)(C)C. The van der Waals surface area contributed by atoms with Crippen molar-refractivity contribution in [2.75, 3.05) is 47.5 Å². The van der Waals surface area contributed by atoms with Gasteiger partial charge in [0.1, 0.15) is 19.8 Å². The zero-order valence-electron chi connectivity index (χ0n) is 71.4. The summed E-state index contributed by atoms with van der Waals surface area (Å²) in [5.41, 5.74) is 0. The van der Waals surface area contributed by atoms with Gasteiger partial charge in [0.25, 0.3) is 7.82 Å². The first-order chi connectivity index (χ1) is 52.0. The molecular formula is C96H180NO8P. The second-order valence-electron chi connectivity index (χ2n) is 33.0. The van der Waals surface area contributed by atoms with Gasteiger partial charge >= 0.3 is 11.9 Å². The zero-order chi connectivity index (χ0) is 76.8. The van der Waals surface area contributed by atoms with E-state index < -0.39 is 26.5 Å². The number of quaternary nitrogens is 1. The summed E-state index contributed by atoms with van der Waals surface area (Å²) in [4.78, 5) is 38.3. The number of hydrogen-bond acceptors (Lipinski definition) is 8. The molecule has 0 aromatic carbocycles. The molecule has 0 fully saturated rings. The number of ether oxygens (including phenoxy) is 2. The van der Waals surface area contributed by atoms with E-state index in [2.05, 4.69) is 86.8 Å². The van der Waals surface area contributed by atoms with E-state index in [1.54, 1.807) is 0 Å². The third-order valence-electron chi connectivity index (χ3n) is 21.2. The van der Waals surface area contributed by atoms with Crippen LogP contribution in [0.3, 0.4) is 0 Å². The minimum atomic E-state index is -4.65. The van der Waals surface area contributed by atoms with E-state index in [-0.39, 0.29) is 32.0 Å². The number of hydrogen-bond donors (Lipinski definition) is 0. The van der Waals surface area contributed by atoms with Crippen molar-refractivity contribution in [3.05, 3.63) is 72.9 Å². The third kappa shape index (κ3) is 90.3. The number of allylic oxidation sites excluding steroid dienone is 12. The average Bonchev–Trinajstić information content (AvgIpc) is 0.908. The van der Waals surface area contributed by atoms with Crippen LogP contribution in [0.25, 0.3) is 0 Å². The number of esters is 2. The van der Waals surface area contributed by atoms with Gasteiger partial charge in [0.2, 0.25) is 0 Å². The summed E-state index contributed by atoms with van der Waals surface area (Å²) in [5.74, 6) is -0.806. The van der Waals surface area contributed by atoms with Gasteiger partial charge in [0, 0.05) is 12.8 Å². The molecule has 0 aromatic rings. The van der Waals surface area contributed by atoms with Crippen LogP contribution in [0.15, 0.2) is 72.9 Å². The summed E-state index contributed by atoms with van der Waals surface area (Å²) in [6.07, 6.45) is 120. The molecule has 0 aliphatic rings. The van der Waals surface area contributed by atoms with Crippen LogP contribution < -0.4 is 4.89 Å². The Morgan fingerprint density at radius 1 is 0.302 bits per heavy atom. The highest BCUT2D eigenvalue weighted by Gasteiger charge is 2.22. The highest BCUT2D eigenvalue weighted by Crippen LogP contribution is 2.38. The quantitative estimate of drug-likeness (QED) is 0.0195. The molecule has 0 aliphatic heterocycles. The summed E-state index contributed by atoms with van der Waals surface area (Å²) in [6.45, 7) is 4.21. The van der Waals surface area contributed by atoms with E-state index in [0.717, 1.165) is 70.6 Å². The van der Waals surface area contributed by atoms with E-state index in [9.17, 15) is 19.0 Å². The number of unbranched alkanes of at least 4 members (excludes halogenated alkanes) is 62. The van der Waals surface area contributed by atoms with Gasteiger partial charge in [-0.25, -0.2) is 0 Å². The van der Waals surface area contributed by atoms with Gasteiger partial charge in [-0.1, -0.05) is 472 Å². The molecule has 0 radical (unpaired) electrons. The number of carbonyl (C=O) groups is 2. The lowest BCUT2D eigenvalue weighted by Gasteiger charge is -2.28. The van der Waals surface area contributed by atoms with Crippen molar-refractivity contribution >= 4 is 19.8 Å². The van der Waals surface area contributed by atoms with Crippen LogP contribution in [0.1, 0.15) is 476 Å². The van der Waals surface area contributed by atoms with Crippen molar-refractivity contribution in [1.82, 2.24) is 0 Å². The van der Waals surface area contributed by atoms with E-state index in [0.29, 0.717) is 17.4 Å². The molecule has 2 unspecified atom stereocenters. The Kier molecular flexibility index (Phi) is 84.4. The molecule has 0 amide bonds. The highest BCUT2D eigenvalue weighted by molar-refractivity contribution is 7.45. The molecular weight excluding hydrogens is 1330 g/mol. The molecule has 0 aliphatic carbocycles. The molecule has 9 nitrogen and oxygen atoms in total. The molecule has 0 spiro atoms. The van der Waals surface area contributed by atoms with Gasteiger partial charge in [-0.05, 0) is 64.2 Å². The molecule has 622 valence electrons. The Balaban J connectivity index is 3.83. The number of nitrogens with zero attached hydrogens (tertiary/aromatic N) is 1. The predicted octanol–water partition coefficient (Wildman–Crippen LogP) is 31.1. The maximum atomic E-state index is 12.9. The first kappa shape index (κ1) is 103. The minimum absolute atomic E-state index is 0.0282. The lowest BCUT2D eigenvalue weighted by atomic mass is 10.0. The van der Waals surface area contributed by atoms with Crippen LogP contribution in [0, 0.1) is 0 Å². The topological polar surface area (TPSA) is 111 Å². The third-order valence-corrected chi connectivity index (χ3v) is 22.2. The Morgan fingerprint density at radius 3 is 0.802 bits per heavy atom. The van der Waals surface area contributed by atoms with E-state index in [1.165, 1.54) is 372 Å². The van der Waals surface area contributed by atoms with Crippen LogP contribution >= 0.6 is 7.82 Å². The molecule has 0 bridgehead atoms. The first-order valence-electron chi connectivity index (χ1n) is 46.6. The summed E-state index contributed by atoms with van der Waals surface area (Å²) >= 11 is 0. The standard InChI is InChI=1S/C96H180NO8P/c1-6-8-10-12-14-16-18-20-22-24-26-28-30-32-34-36-38-40-42-44-46-48-50-52-54-56-58-60-62-64-66-68-70-72-74-76-78-80-82-84-86-88-95(98)102-92-94(93-104-106(100,101)103-91-90-97(3,4)5)105-96(99)89-87-85-83-81-79-77-75-73-71-69-67-65-63-61-59-57-55-53-51-49-47-45-43-41-39-37-35-33-31-29-27-25-23-21-19-17-15-13-11-9-7-2/h9,11,15,17,21,23,27,29,33,35,39,41,94H,6-8,10,12-14,16,18-20,22,24-26,28,30-32,34,36-38,40,42-93H2,1-5H3/b11-9-,17-15-,23-21-,29-27-,35-33-,41-39-. The minimum Gasteiger partial charge on any atom is -0.756 e. The van der Waals surface area contributed by atoms with Crippen LogP contribution in [0.4, 0.5) is 0 Å². The first-order valence-corrected chi connectivity index (χ1v) is 48.1. The predicted molar refractivity (Wildman–Crippen MR) is 462 cm³/mol. The van der Waals surface area contributed by atoms with Gasteiger partial charge in [-0.2, -0.15) is 0 Å². The number of likely N-dealkylation sites (N-methyl/N-ethyl adjacent to an activating group) is 1. The Bertz CT molecular complexity index is 2020. The number of rotatable bonds is 88. The van der Waals surface area contributed by atoms with Gasteiger partial charge in [0.15, 0.2) is 6.10 Å². The summed E-state index contributed by atoms with van der Waals surface area (Å²) < 4.78 is 34.5. The summed E-state index contributed by atoms with van der Waals surface area (Å²) in [5, 5.41) is 0. The molecule has 10 heteroatoms. The molecule has 0 N–H and O–H groups in total. The lowest BCUT2D eigenvalue weighted by molar-refractivity contribution is -0.870. The molecule has 0 aromatic heterocycles. The van der Waals surface area contributed by atoms with Crippen molar-refractivity contribution in [2.24, 2.45) is 0 Å². The summed E-state index contributed by atoms with van der Waals surface area (Å²) in [6, 6.07) is 0. The second-order valence-corrected chi connectivity index (χ2v) is 34.4. The zero-order valence-corrected chi connectivity index (χ0v) is 72.3. The van der Waals surface area contributed by atoms with Gasteiger partial charge in [0.05, 0.1) is 27.7 Å². The highest BCUT2D eigenvalue weighted by atomic mass is 31.2. The van der Waals surface area contributed by atoms with Gasteiger partial charge in [-0.3, -0.25) is 14.2 Å². The fourth-order valence-corrected chi connectivity index (χ4v) is 14.9. The number of carbonyl (C=O) groups excluding carboxylic acids is 2. The number of phosphoric ester groups is 1. The van der Waals surface area contributed by atoms with Crippen LogP contribution in [0.2, 0.25) is 0 Å². The van der Waals surface area contributed by atoms with Gasteiger partial charge in [-0.15, -0.1) is 0 Å². The molecule has 0 rings (SSSR count). The lowest BCUT2D eigenvalue weighted by Crippen LogP contribution is -2.37. The van der Waals surface area contributed by atoms with Crippen molar-refractivity contribution in [2.45, 2.75) is 482 Å². The molecule has 106 heavy (non-hydrogen) atoms. The van der Waals surface area contributed by atoms with E-state index >= 15 is 0 Å². The monoisotopic (exact) mass is 1510 g/mol. The molecule has 2 atom stereocenters. The maximum Gasteiger partial charge on any atom is 0.306 e. The average molecular weight is 1510 g/mol. The molecule has 0 saturated heterocycles. The Hall–Kier alpha value is -2.55. The maximum absolute atomic E-state index is 12.9. The van der Waals surface area contributed by atoms with Crippen molar-refractivity contribution in [3.63, 3.8) is 0 Å². The van der Waals surface area contributed by atoms with E-state index in [4.69, 9.17) is 18.5 Å². The largest absolute Gasteiger partial charge is 0.756 e. The molecule has 0 heterocycles. The normalized spacial score (nSPS) is 13.2.